The second-order valence-corrected chi connectivity index (χ2v) is 4.36. The number of phenols is 3. The second-order valence-electron chi connectivity index (χ2n) is 4.36. The fraction of sp³-hybridized carbons (Fsp3) is 0.133. The van der Waals surface area contributed by atoms with E-state index in [-0.39, 0.29) is 22.4 Å². The summed E-state index contributed by atoms with van der Waals surface area (Å²) in [6.45, 7) is 0. The molecule has 116 valence electrons. The molecule has 0 aromatic heterocycles. The van der Waals surface area contributed by atoms with E-state index >= 15 is 0 Å². The highest BCUT2D eigenvalue weighted by molar-refractivity contribution is 6.01. The van der Waals surface area contributed by atoms with Crippen LogP contribution < -0.4 is 9.47 Å². The van der Waals surface area contributed by atoms with E-state index in [9.17, 15) is 25.2 Å². The van der Waals surface area contributed by atoms with Crippen LogP contribution >= 0.6 is 0 Å². The van der Waals surface area contributed by atoms with Crippen molar-refractivity contribution in [1.29, 1.82) is 0 Å². The third-order valence-corrected chi connectivity index (χ3v) is 3.16. The van der Waals surface area contributed by atoms with Gasteiger partial charge in [0.05, 0.1) is 19.8 Å². The van der Waals surface area contributed by atoms with E-state index in [1.165, 1.54) is 20.3 Å². The van der Waals surface area contributed by atoms with Gasteiger partial charge in [-0.25, -0.2) is 4.79 Å². The first-order valence-electron chi connectivity index (χ1n) is 6.14. The number of para-hydroxylation sites is 1. The fourth-order valence-corrected chi connectivity index (χ4v) is 2.17. The summed E-state index contributed by atoms with van der Waals surface area (Å²) in [7, 11) is 2.77. The van der Waals surface area contributed by atoms with E-state index in [0.29, 0.717) is 5.75 Å². The summed E-state index contributed by atoms with van der Waals surface area (Å²) in [5, 5.41) is 38.5. The van der Waals surface area contributed by atoms with Gasteiger partial charge in [-0.2, -0.15) is 0 Å². The molecule has 7 nitrogen and oxygen atoms in total. The number of aromatic hydroxyl groups is 3. The number of aromatic carboxylic acids is 1. The minimum Gasteiger partial charge on any atom is -0.504 e. The predicted molar refractivity (Wildman–Crippen MR) is 76.9 cm³/mol. The van der Waals surface area contributed by atoms with E-state index in [1.807, 2.05) is 0 Å². The zero-order valence-electron chi connectivity index (χ0n) is 11.8. The summed E-state index contributed by atoms with van der Waals surface area (Å²) >= 11 is 0. The monoisotopic (exact) mass is 306 g/mol. The van der Waals surface area contributed by atoms with E-state index in [0.717, 1.165) is 6.07 Å². The Kier molecular flexibility index (Phi) is 3.98. The summed E-state index contributed by atoms with van der Waals surface area (Å²) in [4.78, 5) is 11.4. The maximum absolute atomic E-state index is 11.4. The van der Waals surface area contributed by atoms with Crippen molar-refractivity contribution < 1.29 is 34.7 Å². The number of methoxy groups -OCH3 is 2. The molecule has 0 unspecified atom stereocenters. The van der Waals surface area contributed by atoms with Gasteiger partial charge < -0.3 is 29.9 Å². The van der Waals surface area contributed by atoms with Gasteiger partial charge in [0, 0.05) is 11.1 Å². The molecule has 2 aromatic carbocycles. The Morgan fingerprint density at radius 1 is 1.05 bits per heavy atom. The van der Waals surface area contributed by atoms with E-state index < -0.39 is 23.2 Å². The number of phenolic OH excluding ortho intramolecular Hbond substituents is 3. The molecule has 0 fully saturated rings. The average Bonchev–Trinajstić information content (AvgIpc) is 2.51. The average molecular weight is 306 g/mol. The van der Waals surface area contributed by atoms with E-state index in [1.54, 1.807) is 12.1 Å². The molecule has 2 aromatic rings. The van der Waals surface area contributed by atoms with Gasteiger partial charge in [0.25, 0.3) is 0 Å². The third kappa shape index (κ3) is 2.32. The Balaban J connectivity index is 2.89. The summed E-state index contributed by atoms with van der Waals surface area (Å²) < 4.78 is 10.3. The van der Waals surface area contributed by atoms with Crippen molar-refractivity contribution in [2.75, 3.05) is 14.2 Å². The van der Waals surface area contributed by atoms with Gasteiger partial charge in [0.2, 0.25) is 5.75 Å². The van der Waals surface area contributed by atoms with Crippen molar-refractivity contribution in [2.45, 2.75) is 0 Å². The Morgan fingerprint density at radius 3 is 2.27 bits per heavy atom. The van der Waals surface area contributed by atoms with Gasteiger partial charge >= 0.3 is 5.97 Å². The zero-order chi connectivity index (χ0) is 16.4. The number of ether oxygens (including phenoxy) is 2. The lowest BCUT2D eigenvalue weighted by molar-refractivity contribution is 0.0696. The number of carbonyl (C=O) groups is 1. The molecule has 0 aliphatic carbocycles. The highest BCUT2D eigenvalue weighted by Gasteiger charge is 2.25. The van der Waals surface area contributed by atoms with Crippen LogP contribution in [0.1, 0.15) is 10.4 Å². The summed E-state index contributed by atoms with van der Waals surface area (Å²) in [6, 6.07) is 5.52. The van der Waals surface area contributed by atoms with Crippen LogP contribution in [0.4, 0.5) is 0 Å². The van der Waals surface area contributed by atoms with Crippen LogP contribution in [0.3, 0.4) is 0 Å². The highest BCUT2D eigenvalue weighted by atomic mass is 16.5. The van der Waals surface area contributed by atoms with Crippen LogP contribution in [0.25, 0.3) is 11.1 Å². The molecule has 4 N–H and O–H groups in total. The molecule has 0 spiro atoms. The normalized spacial score (nSPS) is 10.3. The second kappa shape index (κ2) is 5.72. The molecule has 0 saturated heterocycles. The summed E-state index contributed by atoms with van der Waals surface area (Å²) in [5.74, 6) is -3.18. The molecule has 2 rings (SSSR count). The molecule has 7 heteroatoms. The largest absolute Gasteiger partial charge is 0.504 e. The van der Waals surface area contributed by atoms with Crippen molar-refractivity contribution in [3.05, 3.63) is 29.8 Å². The lowest BCUT2D eigenvalue weighted by Gasteiger charge is -2.16. The summed E-state index contributed by atoms with van der Waals surface area (Å²) in [5.41, 5.74) is -0.370. The van der Waals surface area contributed by atoms with Crippen molar-refractivity contribution in [1.82, 2.24) is 0 Å². The maximum Gasteiger partial charge on any atom is 0.336 e. The number of hydrogen-bond acceptors (Lipinski definition) is 6. The van der Waals surface area contributed by atoms with Crippen molar-refractivity contribution in [2.24, 2.45) is 0 Å². The molecule has 0 aliphatic heterocycles. The number of carboxylic acids is 1. The van der Waals surface area contributed by atoms with Crippen molar-refractivity contribution in [3.63, 3.8) is 0 Å². The van der Waals surface area contributed by atoms with Crippen LogP contribution in [0.15, 0.2) is 24.3 Å². The van der Waals surface area contributed by atoms with Crippen LogP contribution in [0.2, 0.25) is 0 Å². The lowest BCUT2D eigenvalue weighted by Crippen LogP contribution is -2.02. The summed E-state index contributed by atoms with van der Waals surface area (Å²) in [6.07, 6.45) is 0. The number of benzene rings is 2. The quantitative estimate of drug-likeness (QED) is 0.640. The first-order chi connectivity index (χ1) is 10.4. The molecule has 22 heavy (non-hydrogen) atoms. The number of carboxylic acid groups (broad SMARTS) is 1. The van der Waals surface area contributed by atoms with Gasteiger partial charge in [-0.3, -0.25) is 0 Å². The van der Waals surface area contributed by atoms with Crippen LogP contribution in [0.5, 0.6) is 28.7 Å². The highest BCUT2D eigenvalue weighted by Crippen LogP contribution is 2.49. The zero-order valence-corrected chi connectivity index (χ0v) is 11.8. The Bertz CT molecular complexity index is 737. The Morgan fingerprint density at radius 2 is 1.73 bits per heavy atom. The molecule has 0 radical (unpaired) electrons. The van der Waals surface area contributed by atoms with Gasteiger partial charge in [0.15, 0.2) is 23.0 Å². The van der Waals surface area contributed by atoms with Crippen LogP contribution in [-0.4, -0.2) is 40.6 Å². The minimum absolute atomic E-state index is 0.182. The standard InChI is InChI=1S/C15H14O7/c1-21-10-5-3-4-7(14(10)22-2)11-8(15(19)20)6-9(16)12(17)13(11)18/h3-6,16-18H,1-2H3,(H,19,20). The van der Waals surface area contributed by atoms with Gasteiger partial charge in [-0.05, 0) is 12.1 Å². The molecule has 0 saturated carbocycles. The first-order valence-corrected chi connectivity index (χ1v) is 6.14. The Labute approximate surface area is 125 Å². The lowest BCUT2D eigenvalue weighted by atomic mass is 9.96. The SMILES string of the molecule is COc1cccc(-c2c(C(=O)O)cc(O)c(O)c2O)c1OC. The van der Waals surface area contributed by atoms with Gasteiger partial charge in [-0.1, -0.05) is 12.1 Å². The molecular formula is C15H14O7. The first kappa shape index (κ1) is 15.3. The van der Waals surface area contributed by atoms with E-state index in [4.69, 9.17) is 9.47 Å². The number of hydrogen-bond donors (Lipinski definition) is 4. The fourth-order valence-electron chi connectivity index (χ4n) is 2.17. The topological polar surface area (TPSA) is 116 Å². The molecule has 0 aliphatic rings. The molecular weight excluding hydrogens is 292 g/mol. The molecule has 0 heterocycles. The van der Waals surface area contributed by atoms with Gasteiger partial charge in [0.1, 0.15) is 0 Å². The predicted octanol–water partition coefficient (Wildman–Crippen LogP) is 2.19. The number of rotatable bonds is 4. The van der Waals surface area contributed by atoms with Gasteiger partial charge in [-0.15, -0.1) is 0 Å². The molecule has 0 amide bonds. The van der Waals surface area contributed by atoms with Crippen LogP contribution in [-0.2, 0) is 0 Å². The van der Waals surface area contributed by atoms with Crippen molar-refractivity contribution >= 4 is 5.97 Å². The third-order valence-electron chi connectivity index (χ3n) is 3.16. The smallest absolute Gasteiger partial charge is 0.336 e. The Hall–Kier alpha value is -3.09. The molecule has 0 bridgehead atoms. The van der Waals surface area contributed by atoms with Crippen LogP contribution in [0, 0.1) is 0 Å². The van der Waals surface area contributed by atoms with E-state index in [2.05, 4.69) is 0 Å². The molecule has 0 atom stereocenters. The maximum atomic E-state index is 11.4. The van der Waals surface area contributed by atoms with Crippen molar-refractivity contribution in [3.8, 4) is 39.9 Å². The minimum atomic E-state index is -1.38.